The average molecular weight is 335 g/mol. The summed E-state index contributed by atoms with van der Waals surface area (Å²) in [5.41, 5.74) is 2.01. The summed E-state index contributed by atoms with van der Waals surface area (Å²) >= 11 is 0. The quantitative estimate of drug-likeness (QED) is 0.512. The van der Waals surface area contributed by atoms with E-state index in [1.807, 2.05) is 24.3 Å². The molecule has 0 aliphatic carbocycles. The number of nitrogens with one attached hydrogen (secondary N) is 1. The van der Waals surface area contributed by atoms with Gasteiger partial charge in [0.15, 0.2) is 0 Å². The number of hydrogen-bond acceptors (Lipinski definition) is 3. The fourth-order valence-corrected chi connectivity index (χ4v) is 2.88. The fraction of sp³-hybridized carbons (Fsp3) is 0.150. The van der Waals surface area contributed by atoms with E-state index in [2.05, 4.69) is 4.98 Å². The average Bonchev–Trinajstić information content (AvgIpc) is 3.04. The number of aromatic nitrogens is 1. The van der Waals surface area contributed by atoms with E-state index in [1.54, 1.807) is 36.5 Å². The number of carboxylic acids is 1. The maximum atomic E-state index is 12.2. The molecule has 126 valence electrons. The molecular weight excluding hydrogens is 318 g/mol. The molecule has 0 fully saturated rings. The predicted octanol–water partition coefficient (Wildman–Crippen LogP) is 3.25. The highest BCUT2D eigenvalue weighted by Gasteiger charge is 2.26. The molecule has 0 radical (unpaired) electrons. The molecule has 5 heteroatoms. The summed E-state index contributed by atoms with van der Waals surface area (Å²) in [5, 5.41) is 10.4. The van der Waals surface area contributed by atoms with Gasteiger partial charge in [-0.05, 0) is 18.1 Å². The zero-order chi connectivity index (χ0) is 17.8. The van der Waals surface area contributed by atoms with Gasteiger partial charge in [-0.15, -0.1) is 0 Å². The molecule has 2 N–H and O–H groups in total. The Morgan fingerprint density at radius 1 is 0.960 bits per heavy atom. The number of aliphatic carboxylic acids is 1. The summed E-state index contributed by atoms with van der Waals surface area (Å²) in [4.78, 5) is 39.1. The Hall–Kier alpha value is -3.21. The van der Waals surface area contributed by atoms with E-state index in [9.17, 15) is 19.5 Å². The van der Waals surface area contributed by atoms with E-state index in [0.717, 1.165) is 16.5 Å². The Morgan fingerprint density at radius 2 is 1.64 bits per heavy atom. The SMILES string of the molecule is O=C(CC(Cc1c[nH]c2ccccc12)C(=O)O)C(=O)c1ccccc1. The van der Waals surface area contributed by atoms with Crippen molar-refractivity contribution in [3.63, 3.8) is 0 Å². The number of hydrogen-bond donors (Lipinski definition) is 2. The number of benzene rings is 2. The van der Waals surface area contributed by atoms with Gasteiger partial charge in [-0.1, -0.05) is 48.5 Å². The lowest BCUT2D eigenvalue weighted by Gasteiger charge is -2.11. The van der Waals surface area contributed by atoms with Crippen molar-refractivity contribution in [3.8, 4) is 0 Å². The lowest BCUT2D eigenvalue weighted by Crippen LogP contribution is -2.24. The van der Waals surface area contributed by atoms with Crippen molar-refractivity contribution < 1.29 is 19.5 Å². The summed E-state index contributed by atoms with van der Waals surface area (Å²) in [7, 11) is 0. The molecule has 3 rings (SSSR count). The largest absolute Gasteiger partial charge is 0.481 e. The van der Waals surface area contributed by atoms with Gasteiger partial charge in [-0.3, -0.25) is 14.4 Å². The molecule has 0 bridgehead atoms. The van der Waals surface area contributed by atoms with Crippen molar-refractivity contribution in [2.45, 2.75) is 12.8 Å². The minimum Gasteiger partial charge on any atom is -0.481 e. The number of fused-ring (bicyclic) bond motifs is 1. The maximum absolute atomic E-state index is 12.2. The normalized spacial score (nSPS) is 12.0. The third kappa shape index (κ3) is 3.66. The molecule has 0 spiro atoms. The van der Waals surface area contributed by atoms with Gasteiger partial charge in [0.2, 0.25) is 11.6 Å². The number of carbonyl (C=O) groups is 3. The molecule has 1 unspecified atom stereocenters. The Bertz CT molecular complexity index is 927. The third-order valence-electron chi connectivity index (χ3n) is 4.21. The topological polar surface area (TPSA) is 87.2 Å². The number of Topliss-reactive ketones (excluding diaryl/α,β-unsaturated/α-hetero) is 2. The van der Waals surface area contributed by atoms with Gasteiger partial charge < -0.3 is 10.1 Å². The maximum Gasteiger partial charge on any atom is 0.307 e. The van der Waals surface area contributed by atoms with Crippen LogP contribution in [-0.4, -0.2) is 27.6 Å². The smallest absolute Gasteiger partial charge is 0.307 e. The van der Waals surface area contributed by atoms with Gasteiger partial charge >= 0.3 is 5.97 Å². The summed E-state index contributed by atoms with van der Waals surface area (Å²) in [6.07, 6.45) is 1.62. The Kier molecular flexibility index (Phi) is 4.75. The molecule has 0 saturated heterocycles. The van der Waals surface area contributed by atoms with Crippen molar-refractivity contribution in [1.82, 2.24) is 4.98 Å². The summed E-state index contributed by atoms with van der Waals surface area (Å²) in [5.74, 6) is -3.36. The number of H-pyrrole nitrogens is 1. The zero-order valence-corrected chi connectivity index (χ0v) is 13.4. The van der Waals surface area contributed by atoms with Crippen LogP contribution in [-0.2, 0) is 16.0 Å². The van der Waals surface area contributed by atoms with E-state index in [4.69, 9.17) is 0 Å². The highest BCUT2D eigenvalue weighted by molar-refractivity contribution is 6.43. The summed E-state index contributed by atoms with van der Waals surface area (Å²) in [6, 6.07) is 15.8. The minimum atomic E-state index is -1.08. The monoisotopic (exact) mass is 335 g/mol. The number of carboxylic acid groups (broad SMARTS) is 1. The predicted molar refractivity (Wildman–Crippen MR) is 93.5 cm³/mol. The van der Waals surface area contributed by atoms with Gasteiger partial charge in [-0.25, -0.2) is 0 Å². The first kappa shape index (κ1) is 16.6. The van der Waals surface area contributed by atoms with Crippen LogP contribution < -0.4 is 0 Å². The molecule has 0 amide bonds. The second-order valence-corrected chi connectivity index (χ2v) is 5.92. The van der Waals surface area contributed by atoms with Gasteiger partial charge in [0.05, 0.1) is 5.92 Å². The number of ketones is 2. The second kappa shape index (κ2) is 7.13. The van der Waals surface area contributed by atoms with Crippen LogP contribution in [0.2, 0.25) is 0 Å². The standard InChI is InChI=1S/C20H17NO4/c22-18(19(23)13-6-2-1-3-7-13)11-14(20(24)25)10-15-12-21-17-9-5-4-8-16(15)17/h1-9,12,14,21H,10-11H2,(H,24,25). The number of carbonyl (C=O) groups excluding carboxylic acids is 2. The highest BCUT2D eigenvalue weighted by atomic mass is 16.4. The van der Waals surface area contributed by atoms with Gasteiger partial charge in [0.1, 0.15) is 0 Å². The van der Waals surface area contributed by atoms with Crippen LogP contribution in [0, 0.1) is 5.92 Å². The molecular formula is C20H17NO4. The van der Waals surface area contributed by atoms with Crippen LogP contribution in [0.25, 0.3) is 10.9 Å². The van der Waals surface area contributed by atoms with Crippen molar-refractivity contribution in [1.29, 1.82) is 0 Å². The molecule has 1 aromatic heterocycles. The van der Waals surface area contributed by atoms with Crippen molar-refractivity contribution in [2.75, 3.05) is 0 Å². The molecule has 3 aromatic rings. The van der Waals surface area contributed by atoms with E-state index < -0.39 is 23.5 Å². The Balaban J connectivity index is 1.77. The molecule has 5 nitrogen and oxygen atoms in total. The molecule has 1 heterocycles. The minimum absolute atomic E-state index is 0.188. The number of aromatic amines is 1. The summed E-state index contributed by atoms with van der Waals surface area (Å²) < 4.78 is 0. The van der Waals surface area contributed by atoms with Gasteiger partial charge in [0.25, 0.3) is 0 Å². The zero-order valence-electron chi connectivity index (χ0n) is 13.4. The van der Waals surface area contributed by atoms with Gasteiger partial charge in [0, 0.05) is 29.1 Å². The fourth-order valence-electron chi connectivity index (χ4n) is 2.88. The van der Waals surface area contributed by atoms with Crippen LogP contribution in [0.1, 0.15) is 22.3 Å². The van der Waals surface area contributed by atoms with Crippen LogP contribution in [0.5, 0.6) is 0 Å². The van der Waals surface area contributed by atoms with Crippen molar-refractivity contribution in [2.24, 2.45) is 5.92 Å². The summed E-state index contributed by atoms with van der Waals surface area (Å²) in [6.45, 7) is 0. The Labute approximate surface area is 144 Å². The molecule has 2 aromatic carbocycles. The third-order valence-corrected chi connectivity index (χ3v) is 4.21. The molecule has 1 atom stereocenters. The Morgan fingerprint density at radius 3 is 2.36 bits per heavy atom. The van der Waals surface area contributed by atoms with E-state index >= 15 is 0 Å². The first-order chi connectivity index (χ1) is 12.1. The highest BCUT2D eigenvalue weighted by Crippen LogP contribution is 2.22. The van der Waals surface area contributed by atoms with E-state index in [-0.39, 0.29) is 18.4 Å². The van der Waals surface area contributed by atoms with E-state index in [1.165, 1.54) is 0 Å². The molecule has 0 aliphatic heterocycles. The molecule has 0 aliphatic rings. The number of para-hydroxylation sites is 1. The second-order valence-electron chi connectivity index (χ2n) is 5.92. The van der Waals surface area contributed by atoms with Crippen LogP contribution >= 0.6 is 0 Å². The first-order valence-corrected chi connectivity index (χ1v) is 7.96. The number of rotatable bonds is 7. The van der Waals surface area contributed by atoms with Crippen molar-refractivity contribution in [3.05, 3.63) is 71.9 Å². The van der Waals surface area contributed by atoms with Crippen LogP contribution in [0.15, 0.2) is 60.8 Å². The van der Waals surface area contributed by atoms with Gasteiger partial charge in [-0.2, -0.15) is 0 Å². The van der Waals surface area contributed by atoms with E-state index in [0.29, 0.717) is 0 Å². The van der Waals surface area contributed by atoms with Crippen LogP contribution in [0.4, 0.5) is 0 Å². The van der Waals surface area contributed by atoms with Crippen LogP contribution in [0.3, 0.4) is 0 Å². The lowest BCUT2D eigenvalue weighted by molar-refractivity contribution is -0.143. The molecule has 0 saturated carbocycles. The first-order valence-electron chi connectivity index (χ1n) is 7.96. The van der Waals surface area contributed by atoms with Crippen molar-refractivity contribution >= 4 is 28.4 Å². The lowest BCUT2D eigenvalue weighted by atomic mass is 9.92. The molecule has 25 heavy (non-hydrogen) atoms.